The van der Waals surface area contributed by atoms with Crippen LogP contribution in [0.25, 0.3) is 0 Å². The molecule has 0 spiro atoms. The van der Waals surface area contributed by atoms with E-state index in [2.05, 4.69) is 10.3 Å². The van der Waals surface area contributed by atoms with Crippen LogP contribution in [0, 0.1) is 17.8 Å². The first-order chi connectivity index (χ1) is 6.92. The first kappa shape index (κ1) is 9.08. The Balaban J connectivity index is 1.49. The fourth-order valence-corrected chi connectivity index (χ4v) is 4.03. The normalized spacial score (nSPS) is 40.3. The van der Waals surface area contributed by atoms with Gasteiger partial charge in [0.25, 0.3) is 0 Å². The van der Waals surface area contributed by atoms with Gasteiger partial charge in [-0.25, -0.2) is 0 Å². The molecule has 2 bridgehead atoms. The Bertz CT molecular complexity index is 252. The van der Waals surface area contributed by atoms with E-state index in [1.54, 1.807) is 0 Å². The van der Waals surface area contributed by atoms with Crippen molar-refractivity contribution in [3.8, 4) is 0 Å². The number of amidine groups is 1. The number of hydrogen-bond acceptors (Lipinski definition) is 3. The minimum absolute atomic E-state index is 0.956. The highest BCUT2D eigenvalue weighted by Crippen LogP contribution is 2.47. The summed E-state index contributed by atoms with van der Waals surface area (Å²) in [7, 11) is 0. The molecule has 1 N–H and O–H groups in total. The van der Waals surface area contributed by atoms with Gasteiger partial charge in [0.1, 0.15) is 0 Å². The molecule has 2 fully saturated rings. The maximum atomic E-state index is 4.43. The number of nitrogens with zero attached hydrogens (tertiary/aromatic N) is 1. The average molecular weight is 210 g/mol. The zero-order chi connectivity index (χ0) is 9.38. The van der Waals surface area contributed by atoms with Gasteiger partial charge < -0.3 is 5.32 Å². The van der Waals surface area contributed by atoms with Crippen molar-refractivity contribution in [1.82, 2.24) is 5.32 Å². The Labute approximate surface area is 89.9 Å². The van der Waals surface area contributed by atoms with Crippen LogP contribution >= 0.6 is 11.8 Å². The number of rotatable bonds is 2. The van der Waals surface area contributed by atoms with Gasteiger partial charge in [0.05, 0.1) is 6.54 Å². The quantitative estimate of drug-likeness (QED) is 0.755. The molecule has 3 rings (SSSR count). The van der Waals surface area contributed by atoms with Crippen LogP contribution in [0.3, 0.4) is 0 Å². The van der Waals surface area contributed by atoms with E-state index in [9.17, 15) is 0 Å². The summed E-state index contributed by atoms with van der Waals surface area (Å²) in [5.41, 5.74) is 0. The second kappa shape index (κ2) is 3.76. The fraction of sp³-hybridized carbons (Fsp3) is 0.909. The number of nitrogens with one attached hydrogen (secondary N) is 1. The van der Waals surface area contributed by atoms with E-state index >= 15 is 0 Å². The molecule has 14 heavy (non-hydrogen) atoms. The largest absolute Gasteiger partial charge is 0.365 e. The SMILES string of the molecule is C1CSC(NCC2CC3CCC2C3)=N1. The second-order valence-electron chi connectivity index (χ2n) is 4.85. The van der Waals surface area contributed by atoms with Crippen LogP contribution in [0.5, 0.6) is 0 Å². The molecule has 2 aliphatic carbocycles. The van der Waals surface area contributed by atoms with Crippen LogP contribution < -0.4 is 5.32 Å². The number of aliphatic imine (C=N–C) groups is 1. The zero-order valence-corrected chi connectivity index (χ0v) is 9.35. The lowest BCUT2D eigenvalue weighted by Crippen LogP contribution is -2.29. The van der Waals surface area contributed by atoms with Gasteiger partial charge in [0, 0.05) is 12.3 Å². The fourth-order valence-electron chi connectivity index (χ4n) is 3.29. The zero-order valence-electron chi connectivity index (χ0n) is 8.54. The maximum Gasteiger partial charge on any atom is 0.156 e. The van der Waals surface area contributed by atoms with Gasteiger partial charge in [-0.3, -0.25) is 4.99 Å². The molecule has 1 heterocycles. The van der Waals surface area contributed by atoms with Crippen LogP contribution in [-0.2, 0) is 0 Å². The molecule has 0 radical (unpaired) electrons. The topological polar surface area (TPSA) is 24.4 Å². The number of hydrogen-bond donors (Lipinski definition) is 1. The van der Waals surface area contributed by atoms with Gasteiger partial charge in [-0.15, -0.1) is 0 Å². The summed E-state index contributed by atoms with van der Waals surface area (Å²) in [6.07, 6.45) is 6.01. The van der Waals surface area contributed by atoms with Gasteiger partial charge in [0.2, 0.25) is 0 Å². The van der Waals surface area contributed by atoms with Crippen molar-refractivity contribution in [2.24, 2.45) is 22.7 Å². The first-order valence-corrected chi connectivity index (χ1v) is 6.81. The second-order valence-corrected chi connectivity index (χ2v) is 5.93. The van der Waals surface area contributed by atoms with Crippen molar-refractivity contribution in [2.75, 3.05) is 18.8 Å². The molecule has 0 amide bonds. The Morgan fingerprint density at radius 2 is 2.36 bits per heavy atom. The molecule has 0 aromatic rings. The van der Waals surface area contributed by atoms with Crippen molar-refractivity contribution in [3.63, 3.8) is 0 Å². The molecule has 2 nitrogen and oxygen atoms in total. The summed E-state index contributed by atoms with van der Waals surface area (Å²) in [6.45, 7) is 2.21. The molecule has 2 saturated carbocycles. The Kier molecular flexibility index (Phi) is 2.44. The first-order valence-electron chi connectivity index (χ1n) is 5.83. The smallest absolute Gasteiger partial charge is 0.156 e. The molecule has 3 atom stereocenters. The highest BCUT2D eigenvalue weighted by Gasteiger charge is 2.39. The van der Waals surface area contributed by atoms with Crippen LogP contribution in [0.2, 0.25) is 0 Å². The van der Waals surface area contributed by atoms with Gasteiger partial charge >= 0.3 is 0 Å². The van der Waals surface area contributed by atoms with Crippen LogP contribution in [0.4, 0.5) is 0 Å². The molecule has 3 aliphatic rings. The summed E-state index contributed by atoms with van der Waals surface area (Å²) in [5.74, 6) is 4.25. The molecule has 0 aromatic carbocycles. The van der Waals surface area contributed by atoms with Crippen molar-refractivity contribution in [2.45, 2.75) is 25.7 Å². The highest BCUT2D eigenvalue weighted by molar-refractivity contribution is 8.14. The standard InChI is InChI=1S/C11H18N2S/c1-2-9-5-8(1)6-10(9)7-13-11-12-3-4-14-11/h8-10H,1-7H2,(H,12,13). The van der Waals surface area contributed by atoms with Gasteiger partial charge in [-0.2, -0.15) is 0 Å². The summed E-state index contributed by atoms with van der Waals surface area (Å²) in [4.78, 5) is 4.43. The summed E-state index contributed by atoms with van der Waals surface area (Å²) < 4.78 is 0. The van der Waals surface area contributed by atoms with Crippen molar-refractivity contribution < 1.29 is 0 Å². The molecule has 1 aliphatic heterocycles. The van der Waals surface area contributed by atoms with Crippen LogP contribution in [-0.4, -0.2) is 24.0 Å². The number of fused-ring (bicyclic) bond motifs is 2. The third-order valence-electron chi connectivity index (χ3n) is 3.99. The molecule has 0 saturated heterocycles. The van der Waals surface area contributed by atoms with Crippen LogP contribution in [0.15, 0.2) is 4.99 Å². The van der Waals surface area contributed by atoms with E-state index < -0.39 is 0 Å². The van der Waals surface area contributed by atoms with E-state index in [4.69, 9.17) is 0 Å². The lowest BCUT2D eigenvalue weighted by molar-refractivity contribution is 0.333. The monoisotopic (exact) mass is 210 g/mol. The molecule has 3 heteroatoms. The third kappa shape index (κ3) is 1.67. The Morgan fingerprint density at radius 1 is 1.36 bits per heavy atom. The molecule has 3 unspecified atom stereocenters. The van der Waals surface area contributed by atoms with E-state index in [0.29, 0.717) is 0 Å². The molecular weight excluding hydrogens is 192 g/mol. The van der Waals surface area contributed by atoms with Gasteiger partial charge in [-0.1, -0.05) is 18.2 Å². The van der Waals surface area contributed by atoms with Crippen molar-refractivity contribution in [1.29, 1.82) is 0 Å². The third-order valence-corrected chi connectivity index (χ3v) is 4.92. The lowest BCUT2D eigenvalue weighted by atomic mass is 9.89. The lowest BCUT2D eigenvalue weighted by Gasteiger charge is -2.21. The predicted octanol–water partition coefficient (Wildman–Crippen LogP) is 2.12. The minimum Gasteiger partial charge on any atom is -0.365 e. The predicted molar refractivity (Wildman–Crippen MR) is 61.7 cm³/mol. The Morgan fingerprint density at radius 3 is 3.00 bits per heavy atom. The average Bonchev–Trinajstić information content (AvgIpc) is 2.91. The van der Waals surface area contributed by atoms with E-state index in [1.165, 1.54) is 43.1 Å². The molecular formula is C11H18N2S. The number of thioether (sulfide) groups is 1. The Hall–Kier alpha value is -0.180. The summed E-state index contributed by atoms with van der Waals surface area (Å²) in [5, 5.41) is 4.72. The van der Waals surface area contributed by atoms with Gasteiger partial charge in [-0.05, 0) is 37.0 Å². The maximum absolute atomic E-state index is 4.43. The summed E-state index contributed by atoms with van der Waals surface area (Å²) in [6, 6.07) is 0. The van der Waals surface area contributed by atoms with Gasteiger partial charge in [0.15, 0.2) is 5.17 Å². The molecule has 0 aromatic heterocycles. The highest BCUT2D eigenvalue weighted by atomic mass is 32.2. The van der Waals surface area contributed by atoms with E-state index in [0.717, 1.165) is 24.3 Å². The van der Waals surface area contributed by atoms with Crippen molar-refractivity contribution in [3.05, 3.63) is 0 Å². The van der Waals surface area contributed by atoms with E-state index in [-0.39, 0.29) is 0 Å². The van der Waals surface area contributed by atoms with E-state index in [1.807, 2.05) is 11.8 Å². The summed E-state index contributed by atoms with van der Waals surface area (Å²) >= 11 is 1.88. The van der Waals surface area contributed by atoms with Crippen LogP contribution in [0.1, 0.15) is 25.7 Å². The molecule has 78 valence electrons. The minimum atomic E-state index is 0.956. The van der Waals surface area contributed by atoms with Crippen molar-refractivity contribution >= 4 is 16.9 Å².